The standard InChI is InChI=1S/C18H17F2N3O2/c19-14-2-1-3-15(20)17(14)12-10-13(12)18(25)22-9-6-16(24)23-11-4-7-21-8-5-11/h1-5,7-8,12-13H,6,9-10H2,(H,22,25)(H,21,23,24)/t12-,13+/m0/s1. The minimum Gasteiger partial charge on any atom is -0.355 e. The van der Waals surface area contributed by atoms with Crippen LogP contribution in [0.15, 0.2) is 42.7 Å². The van der Waals surface area contributed by atoms with Gasteiger partial charge >= 0.3 is 0 Å². The summed E-state index contributed by atoms with van der Waals surface area (Å²) in [7, 11) is 0. The van der Waals surface area contributed by atoms with Crippen LogP contribution >= 0.6 is 0 Å². The lowest BCUT2D eigenvalue weighted by molar-refractivity contribution is -0.122. The zero-order chi connectivity index (χ0) is 17.8. The minimum atomic E-state index is -0.628. The summed E-state index contributed by atoms with van der Waals surface area (Å²) in [5.41, 5.74) is 0.599. The predicted molar refractivity (Wildman–Crippen MR) is 87.7 cm³/mol. The van der Waals surface area contributed by atoms with Crippen molar-refractivity contribution in [3.05, 3.63) is 59.9 Å². The van der Waals surface area contributed by atoms with E-state index >= 15 is 0 Å². The van der Waals surface area contributed by atoms with Gasteiger partial charge < -0.3 is 10.6 Å². The number of rotatable bonds is 6. The second-order valence-corrected chi connectivity index (χ2v) is 5.91. The molecule has 2 atom stereocenters. The number of amides is 2. The second kappa shape index (κ2) is 7.38. The Hall–Kier alpha value is -2.83. The van der Waals surface area contributed by atoms with Crippen LogP contribution in [0.4, 0.5) is 14.5 Å². The smallest absolute Gasteiger partial charge is 0.226 e. The first-order valence-electron chi connectivity index (χ1n) is 7.97. The van der Waals surface area contributed by atoms with Gasteiger partial charge in [0.15, 0.2) is 0 Å². The highest BCUT2D eigenvalue weighted by molar-refractivity contribution is 5.91. The van der Waals surface area contributed by atoms with Gasteiger partial charge in [0.2, 0.25) is 11.8 Å². The normalized spacial score (nSPS) is 18.5. The molecule has 1 fully saturated rings. The van der Waals surface area contributed by atoms with Gasteiger partial charge in [-0.3, -0.25) is 14.6 Å². The fourth-order valence-electron chi connectivity index (χ4n) is 2.76. The van der Waals surface area contributed by atoms with Gasteiger partial charge in [-0.15, -0.1) is 0 Å². The van der Waals surface area contributed by atoms with E-state index in [-0.39, 0.29) is 30.3 Å². The number of benzene rings is 1. The Morgan fingerprint density at radius 1 is 1.12 bits per heavy atom. The quantitative estimate of drug-likeness (QED) is 0.845. The van der Waals surface area contributed by atoms with E-state index in [9.17, 15) is 18.4 Å². The molecule has 0 bridgehead atoms. The molecule has 1 aliphatic rings. The van der Waals surface area contributed by atoms with Gasteiger partial charge in [0.05, 0.1) is 0 Å². The number of anilines is 1. The number of nitrogens with one attached hydrogen (secondary N) is 2. The van der Waals surface area contributed by atoms with Crippen LogP contribution in [0.3, 0.4) is 0 Å². The van der Waals surface area contributed by atoms with Crippen molar-refractivity contribution in [1.29, 1.82) is 0 Å². The predicted octanol–water partition coefficient (Wildman–Crippen LogP) is 2.61. The average molecular weight is 345 g/mol. The summed E-state index contributed by atoms with van der Waals surface area (Å²) in [5, 5.41) is 5.32. The number of nitrogens with zero attached hydrogens (tertiary/aromatic N) is 1. The molecule has 5 nitrogen and oxygen atoms in total. The molecule has 1 heterocycles. The maximum atomic E-state index is 13.7. The molecule has 1 aromatic heterocycles. The van der Waals surface area contributed by atoms with E-state index in [1.165, 1.54) is 18.2 Å². The summed E-state index contributed by atoms with van der Waals surface area (Å²) in [4.78, 5) is 27.7. The molecular weight excluding hydrogens is 328 g/mol. The molecule has 0 saturated heterocycles. The third kappa shape index (κ3) is 4.17. The summed E-state index contributed by atoms with van der Waals surface area (Å²) in [6.45, 7) is 0.165. The second-order valence-electron chi connectivity index (χ2n) is 5.91. The van der Waals surface area contributed by atoms with Crippen LogP contribution in [-0.4, -0.2) is 23.3 Å². The Kier molecular flexibility index (Phi) is 5.02. The van der Waals surface area contributed by atoms with E-state index in [0.29, 0.717) is 12.1 Å². The summed E-state index contributed by atoms with van der Waals surface area (Å²) in [6, 6.07) is 7.00. The van der Waals surface area contributed by atoms with Crippen molar-refractivity contribution in [2.24, 2.45) is 5.92 Å². The summed E-state index contributed by atoms with van der Waals surface area (Å²) in [6.07, 6.45) is 3.64. The highest BCUT2D eigenvalue weighted by atomic mass is 19.1. The topological polar surface area (TPSA) is 71.1 Å². The number of aromatic nitrogens is 1. The lowest BCUT2D eigenvalue weighted by atomic mass is 10.1. The van der Waals surface area contributed by atoms with Crippen molar-refractivity contribution in [1.82, 2.24) is 10.3 Å². The SMILES string of the molecule is O=C(CCNC(=O)[C@@H]1C[C@@H]1c1c(F)cccc1F)Nc1ccncc1. The van der Waals surface area contributed by atoms with E-state index in [2.05, 4.69) is 15.6 Å². The van der Waals surface area contributed by atoms with Crippen LogP contribution in [0.25, 0.3) is 0 Å². The number of carbonyl (C=O) groups excluding carboxylic acids is 2. The van der Waals surface area contributed by atoms with Gasteiger partial charge in [0, 0.05) is 48.4 Å². The van der Waals surface area contributed by atoms with Gasteiger partial charge in [-0.1, -0.05) is 6.07 Å². The Morgan fingerprint density at radius 2 is 1.80 bits per heavy atom. The lowest BCUT2D eigenvalue weighted by Crippen LogP contribution is -2.29. The number of halogens is 2. The molecule has 25 heavy (non-hydrogen) atoms. The van der Waals surface area contributed by atoms with Gasteiger partial charge in [0.1, 0.15) is 11.6 Å². The van der Waals surface area contributed by atoms with Crippen molar-refractivity contribution in [2.75, 3.05) is 11.9 Å². The summed E-state index contributed by atoms with van der Waals surface area (Å²) in [5.74, 6) is -2.67. The highest BCUT2D eigenvalue weighted by Crippen LogP contribution is 2.49. The molecule has 1 aliphatic carbocycles. The summed E-state index contributed by atoms with van der Waals surface area (Å²) >= 11 is 0. The van der Waals surface area contributed by atoms with Crippen molar-refractivity contribution >= 4 is 17.5 Å². The van der Waals surface area contributed by atoms with Crippen molar-refractivity contribution in [3.63, 3.8) is 0 Å². The van der Waals surface area contributed by atoms with Crippen molar-refractivity contribution in [2.45, 2.75) is 18.8 Å². The van der Waals surface area contributed by atoms with Crippen molar-refractivity contribution in [3.8, 4) is 0 Å². The van der Waals surface area contributed by atoms with Crippen LogP contribution in [0, 0.1) is 17.6 Å². The Bertz CT molecular complexity index is 763. The molecule has 0 aliphatic heterocycles. The van der Waals surface area contributed by atoms with Gasteiger partial charge in [-0.05, 0) is 30.7 Å². The van der Waals surface area contributed by atoms with Crippen molar-refractivity contribution < 1.29 is 18.4 Å². The molecule has 2 aromatic rings. The molecule has 7 heteroatoms. The van der Waals surface area contributed by atoms with Gasteiger partial charge in [-0.25, -0.2) is 8.78 Å². The third-order valence-electron chi connectivity index (χ3n) is 4.11. The monoisotopic (exact) mass is 345 g/mol. The Labute approximate surface area is 143 Å². The molecular formula is C18H17F2N3O2. The highest BCUT2D eigenvalue weighted by Gasteiger charge is 2.46. The van der Waals surface area contributed by atoms with E-state index < -0.39 is 23.5 Å². The molecule has 130 valence electrons. The Balaban J connectivity index is 1.44. The van der Waals surface area contributed by atoms with Gasteiger partial charge in [0.25, 0.3) is 0 Å². The largest absolute Gasteiger partial charge is 0.355 e. The fourth-order valence-corrected chi connectivity index (χ4v) is 2.76. The summed E-state index contributed by atoms with van der Waals surface area (Å²) < 4.78 is 27.4. The first kappa shape index (κ1) is 17.0. The van der Waals surface area contributed by atoms with Crippen LogP contribution in [0.5, 0.6) is 0 Å². The molecule has 2 amide bonds. The molecule has 0 spiro atoms. The first-order valence-corrected chi connectivity index (χ1v) is 7.97. The van der Waals surface area contributed by atoms with Crippen LogP contribution < -0.4 is 10.6 Å². The van der Waals surface area contributed by atoms with E-state index in [0.717, 1.165) is 0 Å². The van der Waals surface area contributed by atoms with Gasteiger partial charge in [-0.2, -0.15) is 0 Å². The van der Waals surface area contributed by atoms with E-state index in [1.54, 1.807) is 24.5 Å². The van der Waals surface area contributed by atoms with E-state index in [1.807, 2.05) is 0 Å². The zero-order valence-corrected chi connectivity index (χ0v) is 13.3. The molecule has 2 N–H and O–H groups in total. The maximum absolute atomic E-state index is 13.7. The zero-order valence-electron chi connectivity index (χ0n) is 13.3. The molecule has 0 radical (unpaired) electrons. The van der Waals surface area contributed by atoms with Crippen LogP contribution in [0.2, 0.25) is 0 Å². The van der Waals surface area contributed by atoms with Crippen LogP contribution in [0.1, 0.15) is 24.3 Å². The molecule has 3 rings (SSSR count). The molecule has 1 saturated carbocycles. The number of carbonyl (C=O) groups is 2. The van der Waals surface area contributed by atoms with E-state index in [4.69, 9.17) is 0 Å². The third-order valence-corrected chi connectivity index (χ3v) is 4.11. The lowest BCUT2D eigenvalue weighted by Gasteiger charge is -2.07. The first-order chi connectivity index (χ1) is 12.1. The number of hydrogen-bond acceptors (Lipinski definition) is 3. The average Bonchev–Trinajstić information content (AvgIpc) is 3.36. The molecule has 0 unspecified atom stereocenters. The fraction of sp³-hybridized carbons (Fsp3) is 0.278. The van der Waals surface area contributed by atoms with Crippen LogP contribution in [-0.2, 0) is 9.59 Å². The number of pyridine rings is 1. The number of hydrogen-bond donors (Lipinski definition) is 2. The Morgan fingerprint density at radius 3 is 2.48 bits per heavy atom. The maximum Gasteiger partial charge on any atom is 0.226 e. The molecule has 1 aromatic carbocycles. The minimum absolute atomic E-state index is 0.0296.